The molecule has 1 saturated heterocycles. The molecule has 0 spiro atoms. The predicted octanol–water partition coefficient (Wildman–Crippen LogP) is 1.79. The van der Waals surface area contributed by atoms with Crippen molar-refractivity contribution in [3.8, 4) is 5.75 Å². The summed E-state index contributed by atoms with van der Waals surface area (Å²) in [6.45, 7) is -0.687. The second-order valence-corrected chi connectivity index (χ2v) is 6.02. The van der Waals surface area contributed by atoms with Crippen LogP contribution in [0.3, 0.4) is 0 Å². The summed E-state index contributed by atoms with van der Waals surface area (Å²) in [5.74, 6) is -1.82. The van der Waals surface area contributed by atoms with E-state index in [0.717, 1.165) is 16.7 Å². The zero-order chi connectivity index (χ0) is 16.4. The number of hydrogen-bond acceptors (Lipinski definition) is 6. The second-order valence-electron chi connectivity index (χ2n) is 4.22. The molecule has 22 heavy (non-hydrogen) atoms. The summed E-state index contributed by atoms with van der Waals surface area (Å²) in [5.41, 5.74) is 0.481. The van der Waals surface area contributed by atoms with E-state index in [1.165, 1.54) is 25.3 Å². The summed E-state index contributed by atoms with van der Waals surface area (Å²) >= 11 is 12.8. The molecule has 1 aromatic carbocycles. The molecule has 0 N–H and O–H groups in total. The van der Waals surface area contributed by atoms with Crippen LogP contribution >= 0.6 is 35.0 Å². The largest absolute Gasteiger partial charge is 0.546 e. The Bertz CT molecular complexity index is 681. The normalized spacial score (nSPS) is 16.5. The number of carbonyl (C=O) groups is 3. The predicted molar refractivity (Wildman–Crippen MR) is 80.7 cm³/mol. The Balaban J connectivity index is 2.29. The number of carbonyl (C=O) groups excluding carboxylic acids is 3. The summed E-state index contributed by atoms with van der Waals surface area (Å²) in [6, 6.07) is 2.89. The Kier molecular flexibility index (Phi) is 5.00. The van der Waals surface area contributed by atoms with E-state index in [1.807, 2.05) is 0 Å². The first kappa shape index (κ1) is 16.7. The maximum absolute atomic E-state index is 11.8. The molecule has 6 nitrogen and oxygen atoms in total. The lowest BCUT2D eigenvalue weighted by molar-refractivity contribution is -0.307. The van der Waals surface area contributed by atoms with E-state index in [4.69, 9.17) is 27.9 Å². The van der Waals surface area contributed by atoms with Gasteiger partial charge < -0.3 is 14.6 Å². The number of halogens is 2. The zero-order valence-electron chi connectivity index (χ0n) is 11.1. The first-order valence-electron chi connectivity index (χ1n) is 5.83. The SMILES string of the molecule is CN1C(=O)S/C(=C\c2cc(Cl)c(OCC(=O)[O-])c(Cl)c2)C1=O. The molecule has 0 radical (unpaired) electrons. The summed E-state index contributed by atoms with van der Waals surface area (Å²) in [5, 5.41) is 10.2. The van der Waals surface area contributed by atoms with E-state index in [2.05, 4.69) is 0 Å². The molecular formula is C13H8Cl2NO5S-. The number of likely N-dealkylation sites (N-methyl/N-ethyl adjacent to an activating group) is 1. The van der Waals surface area contributed by atoms with Gasteiger partial charge in [-0.1, -0.05) is 23.2 Å². The van der Waals surface area contributed by atoms with Crippen LogP contribution in [0.25, 0.3) is 6.08 Å². The Morgan fingerprint density at radius 3 is 2.41 bits per heavy atom. The number of aliphatic carboxylic acids is 1. The number of thioether (sulfide) groups is 1. The Labute approximate surface area is 139 Å². The van der Waals surface area contributed by atoms with Crippen molar-refractivity contribution in [3.05, 3.63) is 32.6 Å². The first-order valence-corrected chi connectivity index (χ1v) is 7.40. The maximum Gasteiger partial charge on any atom is 0.293 e. The number of benzene rings is 1. The number of imide groups is 1. The highest BCUT2D eigenvalue weighted by Gasteiger charge is 2.31. The van der Waals surface area contributed by atoms with E-state index < -0.39 is 18.5 Å². The molecule has 1 fully saturated rings. The van der Waals surface area contributed by atoms with Gasteiger partial charge in [0, 0.05) is 7.05 Å². The molecule has 1 aliphatic rings. The van der Waals surface area contributed by atoms with Crippen molar-refractivity contribution in [2.75, 3.05) is 13.7 Å². The van der Waals surface area contributed by atoms with Gasteiger partial charge >= 0.3 is 0 Å². The number of ether oxygens (including phenoxy) is 1. The average Bonchev–Trinajstić information content (AvgIpc) is 2.65. The lowest BCUT2D eigenvalue weighted by atomic mass is 10.2. The van der Waals surface area contributed by atoms with Crippen LogP contribution in [-0.4, -0.2) is 35.7 Å². The molecule has 9 heteroatoms. The van der Waals surface area contributed by atoms with Crippen LogP contribution in [0.2, 0.25) is 10.0 Å². The van der Waals surface area contributed by atoms with Crippen molar-refractivity contribution in [1.29, 1.82) is 0 Å². The summed E-state index contributed by atoms with van der Waals surface area (Å²) in [7, 11) is 1.38. The Morgan fingerprint density at radius 1 is 1.36 bits per heavy atom. The van der Waals surface area contributed by atoms with Crippen LogP contribution in [0.4, 0.5) is 4.79 Å². The van der Waals surface area contributed by atoms with Crippen molar-refractivity contribution in [3.63, 3.8) is 0 Å². The van der Waals surface area contributed by atoms with Gasteiger partial charge in [-0.05, 0) is 35.5 Å². The van der Waals surface area contributed by atoms with E-state index in [-0.39, 0.29) is 25.9 Å². The van der Waals surface area contributed by atoms with Crippen LogP contribution in [0.5, 0.6) is 5.75 Å². The third kappa shape index (κ3) is 3.55. The van der Waals surface area contributed by atoms with Gasteiger partial charge in [0.2, 0.25) is 0 Å². The standard InChI is InChI=1S/C13H9Cl2NO5S/c1-16-12(19)9(22-13(16)20)4-6-2-7(14)11(8(15)3-6)21-5-10(17)18/h2-4H,5H2,1H3,(H,17,18)/p-1/b9-4-. The number of nitrogens with zero attached hydrogens (tertiary/aromatic N) is 1. The van der Waals surface area contributed by atoms with Crippen LogP contribution < -0.4 is 9.84 Å². The second kappa shape index (κ2) is 6.60. The molecule has 2 rings (SSSR count). The third-order valence-electron chi connectivity index (χ3n) is 2.64. The molecule has 1 aliphatic heterocycles. The minimum absolute atomic E-state index is 0.00767. The van der Waals surface area contributed by atoms with Gasteiger partial charge in [-0.2, -0.15) is 0 Å². The highest BCUT2D eigenvalue weighted by molar-refractivity contribution is 8.18. The van der Waals surface area contributed by atoms with Crippen molar-refractivity contribution in [1.82, 2.24) is 4.90 Å². The minimum atomic E-state index is -1.41. The molecular weight excluding hydrogens is 353 g/mol. The fourth-order valence-electron chi connectivity index (χ4n) is 1.63. The van der Waals surface area contributed by atoms with Crippen LogP contribution in [0, 0.1) is 0 Å². The molecule has 1 aromatic rings. The van der Waals surface area contributed by atoms with E-state index in [1.54, 1.807) is 0 Å². The Morgan fingerprint density at radius 2 is 1.95 bits per heavy atom. The van der Waals surface area contributed by atoms with E-state index in [9.17, 15) is 19.5 Å². The van der Waals surface area contributed by atoms with Gasteiger partial charge in [0.1, 0.15) is 6.61 Å². The van der Waals surface area contributed by atoms with Crippen molar-refractivity contribution in [2.24, 2.45) is 0 Å². The van der Waals surface area contributed by atoms with Gasteiger partial charge in [-0.25, -0.2) is 0 Å². The Hall–Kier alpha value is -1.70. The van der Waals surface area contributed by atoms with E-state index >= 15 is 0 Å². The monoisotopic (exact) mass is 360 g/mol. The van der Waals surface area contributed by atoms with Crippen molar-refractivity contribution < 1.29 is 24.2 Å². The molecule has 0 atom stereocenters. The van der Waals surface area contributed by atoms with E-state index in [0.29, 0.717) is 5.56 Å². The molecule has 0 unspecified atom stereocenters. The van der Waals surface area contributed by atoms with Crippen LogP contribution in [0.15, 0.2) is 17.0 Å². The average molecular weight is 361 g/mol. The molecule has 116 valence electrons. The van der Waals surface area contributed by atoms with Crippen LogP contribution in [0.1, 0.15) is 5.56 Å². The van der Waals surface area contributed by atoms with Crippen LogP contribution in [-0.2, 0) is 9.59 Å². The minimum Gasteiger partial charge on any atom is -0.546 e. The molecule has 1 heterocycles. The van der Waals surface area contributed by atoms with Gasteiger partial charge in [0.15, 0.2) is 5.75 Å². The van der Waals surface area contributed by atoms with Crippen molar-refractivity contribution in [2.45, 2.75) is 0 Å². The maximum atomic E-state index is 11.8. The summed E-state index contributed by atoms with van der Waals surface area (Å²) in [6.07, 6.45) is 1.47. The smallest absolute Gasteiger partial charge is 0.293 e. The summed E-state index contributed by atoms with van der Waals surface area (Å²) < 4.78 is 4.93. The topological polar surface area (TPSA) is 86.7 Å². The fraction of sp³-hybridized carbons (Fsp3) is 0.154. The highest BCUT2D eigenvalue weighted by Crippen LogP contribution is 2.37. The fourth-order valence-corrected chi connectivity index (χ4v) is 3.07. The lowest BCUT2D eigenvalue weighted by Gasteiger charge is -2.11. The number of carboxylic acids is 1. The van der Waals surface area contributed by atoms with Gasteiger partial charge in [-0.3, -0.25) is 14.5 Å². The van der Waals surface area contributed by atoms with Crippen molar-refractivity contribution >= 4 is 58.2 Å². The van der Waals surface area contributed by atoms with Gasteiger partial charge in [0.25, 0.3) is 11.1 Å². The molecule has 0 bridgehead atoms. The first-order chi connectivity index (χ1) is 10.3. The molecule has 2 amide bonds. The van der Waals surface area contributed by atoms with Gasteiger partial charge in [0.05, 0.1) is 20.9 Å². The zero-order valence-corrected chi connectivity index (χ0v) is 13.4. The number of hydrogen-bond donors (Lipinski definition) is 0. The quantitative estimate of drug-likeness (QED) is 0.760. The summed E-state index contributed by atoms with van der Waals surface area (Å²) in [4.78, 5) is 34.8. The molecule has 0 aliphatic carbocycles. The number of rotatable bonds is 4. The third-order valence-corrected chi connectivity index (χ3v) is 4.16. The molecule has 0 saturated carbocycles. The lowest BCUT2D eigenvalue weighted by Crippen LogP contribution is -2.29. The molecule has 0 aromatic heterocycles. The number of carboxylic acid groups (broad SMARTS) is 1. The number of amides is 2. The van der Waals surface area contributed by atoms with Gasteiger partial charge in [-0.15, -0.1) is 0 Å². The highest BCUT2D eigenvalue weighted by atomic mass is 35.5.